The molecule has 0 atom stereocenters. The van der Waals surface area contributed by atoms with Gasteiger partial charge in [0.2, 0.25) is 0 Å². The molecule has 0 fully saturated rings. The average molecular weight is 258 g/mol. The summed E-state index contributed by atoms with van der Waals surface area (Å²) in [6, 6.07) is 19.3. The van der Waals surface area contributed by atoms with E-state index in [1.807, 2.05) is 60.7 Å². The lowest BCUT2D eigenvalue weighted by atomic mass is 10.3. The van der Waals surface area contributed by atoms with Crippen molar-refractivity contribution in [3.8, 4) is 0 Å². The molecule has 2 aromatic carbocycles. The van der Waals surface area contributed by atoms with Crippen molar-refractivity contribution in [3.05, 3.63) is 60.7 Å². The molecule has 0 aromatic heterocycles. The Bertz CT molecular complexity index is 501. The average Bonchev–Trinajstić information content (AvgIpc) is 2.42. The maximum absolute atomic E-state index is 5.51. The fraction of sp³-hybridized carbons (Fsp3) is 0. The van der Waals surface area contributed by atoms with Gasteiger partial charge in [-0.2, -0.15) is 5.53 Å². The van der Waals surface area contributed by atoms with Crippen molar-refractivity contribution in [3.63, 3.8) is 0 Å². The summed E-state index contributed by atoms with van der Waals surface area (Å²) in [6.45, 7) is 0. The van der Waals surface area contributed by atoms with Crippen LogP contribution in [0.25, 0.3) is 0 Å². The quantitative estimate of drug-likeness (QED) is 0.448. The molecule has 18 heavy (non-hydrogen) atoms. The highest BCUT2D eigenvalue weighted by atomic mass is 32.1. The van der Waals surface area contributed by atoms with Crippen LogP contribution in [0, 0.1) is 0 Å². The lowest BCUT2D eigenvalue weighted by molar-refractivity contribution is 0.780. The van der Waals surface area contributed by atoms with E-state index < -0.39 is 0 Å². The van der Waals surface area contributed by atoms with Gasteiger partial charge in [0, 0.05) is 5.69 Å². The molecule has 0 heterocycles. The van der Waals surface area contributed by atoms with Crippen molar-refractivity contribution in [2.45, 2.75) is 0 Å². The molecule has 0 spiro atoms. The van der Waals surface area contributed by atoms with Crippen LogP contribution in [0.1, 0.15) is 0 Å². The third kappa shape index (κ3) is 3.04. The molecule has 4 N–H and O–H groups in total. The minimum Gasteiger partial charge on any atom is -0.331 e. The molecule has 0 aliphatic heterocycles. The molecular formula is C13H14N4S. The highest BCUT2D eigenvalue weighted by Crippen LogP contribution is 2.13. The molecule has 0 aliphatic rings. The monoisotopic (exact) mass is 258 g/mol. The van der Waals surface area contributed by atoms with Gasteiger partial charge in [0.05, 0.1) is 5.69 Å². The molecular weight excluding hydrogens is 244 g/mol. The Balaban J connectivity index is 2.12. The van der Waals surface area contributed by atoms with Gasteiger partial charge >= 0.3 is 0 Å². The van der Waals surface area contributed by atoms with Gasteiger partial charge in [-0.1, -0.05) is 36.4 Å². The summed E-state index contributed by atoms with van der Waals surface area (Å²) in [5.41, 5.74) is 4.35. The van der Waals surface area contributed by atoms with E-state index in [9.17, 15) is 0 Å². The Hall–Kier alpha value is -1.95. The van der Waals surface area contributed by atoms with E-state index in [0.717, 1.165) is 11.4 Å². The second-order valence-corrected chi connectivity index (χ2v) is 3.98. The first-order valence-electron chi connectivity index (χ1n) is 5.48. The minimum absolute atomic E-state index is 0.481. The number of rotatable bonds is 3. The third-order valence-electron chi connectivity index (χ3n) is 2.37. The molecule has 2 rings (SSSR count). The van der Waals surface area contributed by atoms with Gasteiger partial charge in [-0.15, -0.1) is 0 Å². The number of benzene rings is 2. The lowest BCUT2D eigenvalue weighted by Crippen LogP contribution is -2.49. The van der Waals surface area contributed by atoms with E-state index in [0.29, 0.717) is 5.11 Å². The van der Waals surface area contributed by atoms with Crippen LogP contribution in [0.3, 0.4) is 0 Å². The summed E-state index contributed by atoms with van der Waals surface area (Å²) >= 11 is 5.31. The number of hydrazine groups is 2. The topological polar surface area (TPSA) is 53.3 Å². The van der Waals surface area contributed by atoms with Crippen LogP contribution in [0.2, 0.25) is 0 Å². The fourth-order valence-electron chi connectivity index (χ4n) is 1.53. The first kappa shape index (κ1) is 12.5. The summed E-state index contributed by atoms with van der Waals surface area (Å²) in [5.74, 6) is 5.51. The fourth-order valence-corrected chi connectivity index (χ4v) is 1.80. The van der Waals surface area contributed by atoms with Gasteiger partial charge in [-0.05, 0) is 36.5 Å². The summed E-state index contributed by atoms with van der Waals surface area (Å²) in [5, 5.41) is 5.19. The van der Waals surface area contributed by atoms with Crippen LogP contribution >= 0.6 is 12.2 Å². The summed E-state index contributed by atoms with van der Waals surface area (Å²) in [7, 11) is 0. The number of nitrogens with two attached hydrogens (primary N) is 1. The second kappa shape index (κ2) is 6.11. The molecule has 92 valence electrons. The first-order valence-corrected chi connectivity index (χ1v) is 5.89. The Morgan fingerprint density at radius 3 is 2.06 bits per heavy atom. The first-order chi connectivity index (χ1) is 8.81. The number of para-hydroxylation sites is 2. The van der Waals surface area contributed by atoms with Gasteiger partial charge in [0.1, 0.15) is 0 Å². The Kier molecular flexibility index (Phi) is 4.25. The van der Waals surface area contributed by atoms with Crippen LogP contribution < -0.4 is 21.7 Å². The molecule has 5 heteroatoms. The minimum atomic E-state index is 0.481. The number of anilines is 2. The second-order valence-electron chi connectivity index (χ2n) is 3.60. The molecule has 2 aromatic rings. The molecule has 0 unspecified atom stereocenters. The van der Waals surface area contributed by atoms with Crippen molar-refractivity contribution in [1.29, 1.82) is 0 Å². The molecule has 0 amide bonds. The van der Waals surface area contributed by atoms with Crippen LogP contribution in [-0.2, 0) is 0 Å². The molecule has 0 saturated carbocycles. The number of nitrogens with one attached hydrogen (secondary N) is 2. The number of nitrogens with zero attached hydrogens (tertiary/aromatic N) is 1. The van der Waals surface area contributed by atoms with Gasteiger partial charge < -0.3 is 5.32 Å². The lowest BCUT2D eigenvalue weighted by Gasteiger charge is -2.24. The van der Waals surface area contributed by atoms with Crippen LogP contribution in [0.15, 0.2) is 60.7 Å². The van der Waals surface area contributed by atoms with Crippen molar-refractivity contribution in [2.75, 3.05) is 10.3 Å². The van der Waals surface area contributed by atoms with Crippen molar-refractivity contribution >= 4 is 28.7 Å². The van der Waals surface area contributed by atoms with Crippen molar-refractivity contribution in [1.82, 2.24) is 5.53 Å². The van der Waals surface area contributed by atoms with Gasteiger partial charge in [0.15, 0.2) is 5.11 Å². The Morgan fingerprint density at radius 1 is 0.944 bits per heavy atom. The summed E-state index contributed by atoms with van der Waals surface area (Å²) in [4.78, 5) is 0. The maximum atomic E-state index is 5.51. The zero-order chi connectivity index (χ0) is 12.8. The predicted molar refractivity (Wildman–Crippen MR) is 78.9 cm³/mol. The molecule has 0 radical (unpaired) electrons. The van der Waals surface area contributed by atoms with Gasteiger partial charge in [-0.25, -0.2) is 5.01 Å². The molecule has 4 nitrogen and oxygen atoms in total. The zero-order valence-electron chi connectivity index (χ0n) is 9.71. The highest BCUT2D eigenvalue weighted by Gasteiger charge is 2.09. The number of hydrogen-bond donors (Lipinski definition) is 3. The van der Waals surface area contributed by atoms with Crippen LogP contribution in [-0.4, -0.2) is 5.11 Å². The largest absolute Gasteiger partial charge is 0.331 e. The van der Waals surface area contributed by atoms with Crippen LogP contribution in [0.4, 0.5) is 11.4 Å². The predicted octanol–water partition coefficient (Wildman–Crippen LogP) is 2.27. The molecule has 0 aliphatic carbocycles. The van der Waals surface area contributed by atoms with Gasteiger partial charge in [0.25, 0.3) is 0 Å². The highest BCUT2D eigenvalue weighted by molar-refractivity contribution is 7.80. The van der Waals surface area contributed by atoms with E-state index in [4.69, 9.17) is 18.1 Å². The summed E-state index contributed by atoms with van der Waals surface area (Å²) < 4.78 is 0. The van der Waals surface area contributed by atoms with E-state index in [-0.39, 0.29) is 0 Å². The van der Waals surface area contributed by atoms with Crippen LogP contribution in [0.5, 0.6) is 0 Å². The normalized spacial score (nSPS) is 9.83. The smallest absolute Gasteiger partial charge is 0.193 e. The van der Waals surface area contributed by atoms with E-state index >= 15 is 0 Å². The van der Waals surface area contributed by atoms with Crippen molar-refractivity contribution < 1.29 is 0 Å². The summed E-state index contributed by atoms with van der Waals surface area (Å²) in [6.07, 6.45) is 0. The van der Waals surface area contributed by atoms with E-state index in [1.165, 1.54) is 0 Å². The molecule has 0 bridgehead atoms. The maximum Gasteiger partial charge on any atom is 0.193 e. The number of thiocarbonyl (C=S) groups is 1. The molecule has 0 saturated heterocycles. The number of hydrogen-bond acceptors (Lipinski definition) is 3. The van der Waals surface area contributed by atoms with Gasteiger partial charge in [-0.3, -0.25) is 5.84 Å². The zero-order valence-corrected chi connectivity index (χ0v) is 10.5. The standard InChI is InChI=1S/C13H14N4S/c14-16-17(12-9-5-2-6-10-12)13(18)15-11-7-3-1-4-8-11/h1-10,16H,14H2,(H,15,18). The van der Waals surface area contributed by atoms with E-state index in [2.05, 4.69) is 10.9 Å². The van der Waals surface area contributed by atoms with Crippen molar-refractivity contribution in [2.24, 2.45) is 5.84 Å². The Morgan fingerprint density at radius 2 is 1.50 bits per heavy atom. The van der Waals surface area contributed by atoms with E-state index in [1.54, 1.807) is 5.01 Å². The Labute approximate surface area is 111 Å². The third-order valence-corrected chi connectivity index (χ3v) is 2.66. The SMILES string of the molecule is NNN(C(=S)Nc1ccccc1)c1ccccc1.